The molecule has 3 aliphatic rings. The van der Waals surface area contributed by atoms with Crippen molar-refractivity contribution >= 4 is 12.2 Å². The van der Waals surface area contributed by atoms with Crippen LogP contribution in [-0.4, -0.2) is 0 Å². The molecule has 0 N–H and O–H groups in total. The number of rotatable bonds is 10. The van der Waals surface area contributed by atoms with Gasteiger partial charge in [0.25, 0.3) is 0 Å². The molecule has 0 nitrogen and oxygen atoms in total. The zero-order valence-corrected chi connectivity index (χ0v) is 29.9. The molecule has 254 valence electrons. The van der Waals surface area contributed by atoms with Gasteiger partial charge in [-0.25, -0.2) is 0 Å². The normalized spacial score (nSPS) is 15.2. The van der Waals surface area contributed by atoms with E-state index in [0.29, 0.717) is 0 Å². The van der Waals surface area contributed by atoms with Crippen LogP contribution in [-0.2, 0) is 0 Å². The van der Waals surface area contributed by atoms with E-state index in [0.717, 1.165) is 19.3 Å². The zero-order valence-electron chi connectivity index (χ0n) is 29.9. The fourth-order valence-electron chi connectivity index (χ4n) is 8.44. The molecule has 9 rings (SSSR count). The summed E-state index contributed by atoms with van der Waals surface area (Å²) in [5.41, 5.74) is 19.3. The smallest absolute Gasteiger partial charge is 0.0339 e. The third-order valence-corrected chi connectivity index (χ3v) is 11.1. The molecule has 0 aromatic heterocycles. The molecule has 0 heterocycles. The van der Waals surface area contributed by atoms with Crippen molar-refractivity contribution in [3.8, 4) is 0 Å². The second-order valence-corrected chi connectivity index (χ2v) is 14.5. The van der Waals surface area contributed by atoms with Crippen molar-refractivity contribution in [1.82, 2.24) is 0 Å². The molecule has 3 aliphatic carbocycles. The summed E-state index contributed by atoms with van der Waals surface area (Å²) in [6.45, 7) is 0. The number of benzene rings is 6. The molecule has 0 atom stereocenters. The van der Waals surface area contributed by atoms with Crippen LogP contribution in [0.5, 0.6) is 0 Å². The summed E-state index contributed by atoms with van der Waals surface area (Å²) < 4.78 is 0. The molecule has 0 saturated carbocycles. The van der Waals surface area contributed by atoms with Gasteiger partial charge in [-0.15, -0.1) is 0 Å². The predicted octanol–water partition coefficient (Wildman–Crippen LogP) is 13.4. The highest BCUT2D eigenvalue weighted by Crippen LogP contribution is 2.48. The van der Waals surface area contributed by atoms with Crippen LogP contribution in [0, 0.1) is 0 Å². The molecule has 0 bridgehead atoms. The molecule has 0 saturated heterocycles. The van der Waals surface area contributed by atoms with Crippen LogP contribution in [0.4, 0.5) is 0 Å². The van der Waals surface area contributed by atoms with Crippen molar-refractivity contribution in [2.75, 3.05) is 0 Å². The first kappa shape index (κ1) is 32.7. The Balaban J connectivity index is 0.824. The number of hydrogen-bond acceptors (Lipinski definition) is 0. The van der Waals surface area contributed by atoms with E-state index in [1.165, 1.54) is 66.8 Å². The van der Waals surface area contributed by atoms with Gasteiger partial charge in [-0.3, -0.25) is 0 Å². The van der Waals surface area contributed by atoms with E-state index >= 15 is 0 Å². The van der Waals surface area contributed by atoms with Crippen LogP contribution in [0.1, 0.15) is 75.6 Å². The topological polar surface area (TPSA) is 0 Å². The molecule has 0 unspecified atom stereocenters. The van der Waals surface area contributed by atoms with Crippen molar-refractivity contribution in [2.24, 2.45) is 0 Å². The van der Waals surface area contributed by atoms with E-state index in [1.54, 1.807) is 11.1 Å². The van der Waals surface area contributed by atoms with E-state index < -0.39 is 0 Å². The fraction of sp³-hybridized carbons (Fsp3) is 0.0943. The van der Waals surface area contributed by atoms with Gasteiger partial charge in [-0.2, -0.15) is 0 Å². The number of fused-ring (bicyclic) bond motifs is 1. The average Bonchev–Trinajstić information content (AvgIpc) is 3.90. The first-order chi connectivity index (χ1) is 26.2. The van der Waals surface area contributed by atoms with Gasteiger partial charge in [0.2, 0.25) is 0 Å². The summed E-state index contributed by atoms with van der Waals surface area (Å²) in [7, 11) is 0. The zero-order chi connectivity index (χ0) is 35.4. The number of hydrogen-bond donors (Lipinski definition) is 0. The molecule has 0 radical (unpaired) electrons. The molecular weight excluding hydrogens is 637 g/mol. The van der Waals surface area contributed by atoms with Gasteiger partial charge in [0.15, 0.2) is 0 Å². The third kappa shape index (κ3) is 7.02. The highest BCUT2D eigenvalue weighted by molar-refractivity contribution is 5.69. The summed E-state index contributed by atoms with van der Waals surface area (Å²) >= 11 is 0. The standard InChI is InChI=1S/C53H42/c1-5-13-42(14-6-1)52(43-15-7-2-8-16-43)46-29-25-38(26-30-46)21-23-40-33-48-37-49-34-41(36-51(49)50(48)35-40)24-22-39-27-31-47(32-28-39)53(44-17-9-3-10-18-44)45-19-11-4-12-20-45/h1-34,52-53H,35-37H2. The Morgan fingerprint density at radius 2 is 0.604 bits per heavy atom. The summed E-state index contributed by atoms with van der Waals surface area (Å²) in [5.74, 6) is 0.445. The van der Waals surface area contributed by atoms with Gasteiger partial charge >= 0.3 is 0 Å². The Morgan fingerprint density at radius 3 is 0.925 bits per heavy atom. The van der Waals surface area contributed by atoms with E-state index in [1.807, 2.05) is 0 Å². The summed E-state index contributed by atoms with van der Waals surface area (Å²) in [6.07, 6.45) is 17.2. The van der Waals surface area contributed by atoms with Crippen LogP contribution in [0.2, 0.25) is 0 Å². The van der Waals surface area contributed by atoms with Gasteiger partial charge in [-0.1, -0.05) is 206 Å². The number of allylic oxidation sites excluding steroid dienone is 10. The maximum Gasteiger partial charge on any atom is 0.0339 e. The Kier molecular flexibility index (Phi) is 9.11. The minimum atomic E-state index is 0.223. The molecule has 0 amide bonds. The van der Waals surface area contributed by atoms with Gasteiger partial charge in [0.05, 0.1) is 0 Å². The Hall–Kier alpha value is -6.24. The maximum absolute atomic E-state index is 2.43. The molecule has 0 spiro atoms. The van der Waals surface area contributed by atoms with E-state index in [9.17, 15) is 0 Å². The largest absolute Gasteiger partial charge is 0.0622 e. The lowest BCUT2D eigenvalue weighted by Gasteiger charge is -2.19. The minimum Gasteiger partial charge on any atom is -0.0622 e. The van der Waals surface area contributed by atoms with Crippen molar-refractivity contribution < 1.29 is 0 Å². The highest BCUT2D eigenvalue weighted by atomic mass is 14.3. The van der Waals surface area contributed by atoms with Crippen LogP contribution >= 0.6 is 0 Å². The van der Waals surface area contributed by atoms with E-state index in [2.05, 4.69) is 206 Å². The van der Waals surface area contributed by atoms with Crippen LogP contribution < -0.4 is 0 Å². The fourth-order valence-corrected chi connectivity index (χ4v) is 8.44. The molecule has 0 heteroatoms. The Bertz CT molecular complexity index is 2150. The molecule has 6 aromatic rings. The molecular formula is C53H42. The maximum atomic E-state index is 2.43. The van der Waals surface area contributed by atoms with Gasteiger partial charge in [0, 0.05) is 11.8 Å². The first-order valence-corrected chi connectivity index (χ1v) is 18.9. The molecule has 0 fully saturated rings. The van der Waals surface area contributed by atoms with Gasteiger partial charge < -0.3 is 0 Å². The minimum absolute atomic E-state index is 0.223. The van der Waals surface area contributed by atoms with Crippen LogP contribution in [0.3, 0.4) is 0 Å². The lowest BCUT2D eigenvalue weighted by atomic mass is 9.85. The quantitative estimate of drug-likeness (QED) is 0.127. The molecule has 0 aliphatic heterocycles. The van der Waals surface area contributed by atoms with Crippen molar-refractivity contribution in [1.29, 1.82) is 0 Å². The monoisotopic (exact) mass is 678 g/mol. The van der Waals surface area contributed by atoms with E-state index in [-0.39, 0.29) is 11.8 Å². The highest BCUT2D eigenvalue weighted by Gasteiger charge is 2.29. The Morgan fingerprint density at radius 1 is 0.302 bits per heavy atom. The van der Waals surface area contributed by atoms with Crippen molar-refractivity contribution in [2.45, 2.75) is 31.1 Å². The summed E-state index contributed by atoms with van der Waals surface area (Å²) in [4.78, 5) is 0. The van der Waals surface area contributed by atoms with E-state index in [4.69, 9.17) is 0 Å². The predicted molar refractivity (Wildman–Crippen MR) is 223 cm³/mol. The second kappa shape index (κ2) is 14.8. The lowest BCUT2D eigenvalue weighted by Crippen LogP contribution is -2.03. The molecule has 6 aromatic carbocycles. The lowest BCUT2D eigenvalue weighted by molar-refractivity contribution is 0.977. The van der Waals surface area contributed by atoms with Crippen LogP contribution in [0.25, 0.3) is 12.2 Å². The third-order valence-electron chi connectivity index (χ3n) is 11.1. The van der Waals surface area contributed by atoms with Crippen LogP contribution in [0.15, 0.2) is 228 Å². The second-order valence-electron chi connectivity index (χ2n) is 14.5. The Labute approximate surface area is 314 Å². The van der Waals surface area contributed by atoms with Gasteiger partial charge in [-0.05, 0) is 97.2 Å². The average molecular weight is 679 g/mol. The molecule has 53 heavy (non-hydrogen) atoms. The first-order valence-electron chi connectivity index (χ1n) is 18.9. The van der Waals surface area contributed by atoms with Crippen molar-refractivity contribution in [3.63, 3.8) is 0 Å². The SMILES string of the molecule is C(=Cc1ccc(C(c2ccccc2)c2ccccc2)cc1)C1=CC2=C(C1)C1=C(C=C(C=Cc3ccc(C(c4ccccc4)c4ccccc4)cc3)C1)C2. The summed E-state index contributed by atoms with van der Waals surface area (Å²) in [5, 5.41) is 0. The summed E-state index contributed by atoms with van der Waals surface area (Å²) in [6, 6.07) is 61.5. The van der Waals surface area contributed by atoms with Gasteiger partial charge in [0.1, 0.15) is 0 Å². The van der Waals surface area contributed by atoms with Crippen molar-refractivity contribution in [3.05, 3.63) is 272 Å².